The van der Waals surface area contributed by atoms with Gasteiger partial charge in [0.15, 0.2) is 0 Å². The molecule has 1 heterocycles. The summed E-state index contributed by atoms with van der Waals surface area (Å²) in [6, 6.07) is 15.6. The summed E-state index contributed by atoms with van der Waals surface area (Å²) in [6.07, 6.45) is 4.50. The molecule has 15 heavy (non-hydrogen) atoms. The SMILES string of the molecule is [c]1cccnc1-c1cccc(C2CC2)c1. The number of nitrogens with zero attached hydrogens (tertiary/aromatic N) is 1. The molecule has 0 spiro atoms. The predicted molar refractivity (Wildman–Crippen MR) is 60.5 cm³/mol. The topological polar surface area (TPSA) is 12.9 Å². The highest BCUT2D eigenvalue weighted by Crippen LogP contribution is 2.40. The molecule has 1 fully saturated rings. The van der Waals surface area contributed by atoms with Gasteiger partial charge < -0.3 is 0 Å². The van der Waals surface area contributed by atoms with E-state index in [4.69, 9.17) is 0 Å². The van der Waals surface area contributed by atoms with E-state index >= 15 is 0 Å². The Hall–Kier alpha value is -1.63. The van der Waals surface area contributed by atoms with Crippen LogP contribution in [-0.2, 0) is 0 Å². The highest BCUT2D eigenvalue weighted by Gasteiger charge is 2.23. The summed E-state index contributed by atoms with van der Waals surface area (Å²) < 4.78 is 0. The molecule has 73 valence electrons. The Morgan fingerprint density at radius 2 is 2.13 bits per heavy atom. The lowest BCUT2D eigenvalue weighted by atomic mass is 10.0. The van der Waals surface area contributed by atoms with Crippen LogP contribution in [0.3, 0.4) is 0 Å². The summed E-state index contributed by atoms with van der Waals surface area (Å²) in [4.78, 5) is 4.31. The Labute approximate surface area is 89.8 Å². The van der Waals surface area contributed by atoms with Crippen molar-refractivity contribution in [3.05, 3.63) is 54.2 Å². The van der Waals surface area contributed by atoms with Gasteiger partial charge >= 0.3 is 0 Å². The maximum absolute atomic E-state index is 4.31. The third-order valence-electron chi connectivity index (χ3n) is 2.81. The van der Waals surface area contributed by atoms with E-state index in [0.29, 0.717) is 0 Å². The van der Waals surface area contributed by atoms with E-state index in [2.05, 4.69) is 35.3 Å². The molecular weight excluding hydrogens is 182 g/mol. The van der Waals surface area contributed by atoms with Gasteiger partial charge in [-0.1, -0.05) is 24.3 Å². The van der Waals surface area contributed by atoms with Crippen molar-refractivity contribution in [2.75, 3.05) is 0 Å². The van der Waals surface area contributed by atoms with E-state index < -0.39 is 0 Å². The second-order valence-electron chi connectivity index (χ2n) is 4.03. The fraction of sp³-hybridized carbons (Fsp3) is 0.214. The van der Waals surface area contributed by atoms with Crippen LogP contribution >= 0.6 is 0 Å². The molecule has 0 bridgehead atoms. The van der Waals surface area contributed by atoms with Gasteiger partial charge in [-0.25, -0.2) is 0 Å². The number of rotatable bonds is 2. The molecule has 0 aliphatic heterocycles. The molecule has 0 saturated heterocycles. The smallest absolute Gasteiger partial charge is 0.0781 e. The van der Waals surface area contributed by atoms with E-state index in [1.54, 1.807) is 0 Å². The van der Waals surface area contributed by atoms with E-state index in [9.17, 15) is 0 Å². The summed E-state index contributed by atoms with van der Waals surface area (Å²) >= 11 is 0. The van der Waals surface area contributed by atoms with E-state index in [1.807, 2.05) is 18.3 Å². The van der Waals surface area contributed by atoms with Crippen LogP contribution in [0.25, 0.3) is 11.3 Å². The van der Waals surface area contributed by atoms with E-state index in [1.165, 1.54) is 24.0 Å². The van der Waals surface area contributed by atoms with Crippen LogP contribution in [0.4, 0.5) is 0 Å². The lowest BCUT2D eigenvalue weighted by Gasteiger charge is -2.02. The number of benzene rings is 1. The molecule has 0 atom stereocenters. The average molecular weight is 194 g/mol. The Bertz CT molecular complexity index is 458. The number of pyridine rings is 1. The zero-order chi connectivity index (χ0) is 10.1. The van der Waals surface area contributed by atoms with E-state index in [0.717, 1.165) is 11.6 Å². The van der Waals surface area contributed by atoms with Crippen LogP contribution < -0.4 is 0 Å². The largest absolute Gasteiger partial charge is 0.256 e. The van der Waals surface area contributed by atoms with Crippen LogP contribution in [0.1, 0.15) is 24.3 Å². The van der Waals surface area contributed by atoms with Crippen molar-refractivity contribution < 1.29 is 0 Å². The maximum atomic E-state index is 4.31. The second kappa shape index (κ2) is 3.50. The molecule has 0 N–H and O–H groups in total. The zero-order valence-corrected chi connectivity index (χ0v) is 8.48. The summed E-state index contributed by atoms with van der Waals surface area (Å²) in [5.74, 6) is 0.800. The van der Waals surface area contributed by atoms with Gasteiger partial charge in [-0.2, -0.15) is 0 Å². The number of aromatic nitrogens is 1. The first kappa shape index (κ1) is 8.66. The Morgan fingerprint density at radius 1 is 1.20 bits per heavy atom. The van der Waals surface area contributed by atoms with Gasteiger partial charge in [0.25, 0.3) is 0 Å². The molecule has 1 heteroatoms. The molecule has 1 radical (unpaired) electrons. The fourth-order valence-corrected chi connectivity index (χ4v) is 1.84. The molecule has 1 aromatic heterocycles. The van der Waals surface area contributed by atoms with Crippen molar-refractivity contribution in [2.24, 2.45) is 0 Å². The van der Waals surface area contributed by atoms with Gasteiger partial charge in [-0.3, -0.25) is 4.98 Å². The lowest BCUT2D eigenvalue weighted by Crippen LogP contribution is -1.84. The quantitative estimate of drug-likeness (QED) is 0.713. The monoisotopic (exact) mass is 194 g/mol. The van der Waals surface area contributed by atoms with Gasteiger partial charge in [0.1, 0.15) is 0 Å². The minimum Gasteiger partial charge on any atom is -0.256 e. The van der Waals surface area contributed by atoms with Gasteiger partial charge in [-0.05, 0) is 36.5 Å². The van der Waals surface area contributed by atoms with Gasteiger partial charge in [0.05, 0.1) is 5.69 Å². The molecule has 1 saturated carbocycles. The lowest BCUT2D eigenvalue weighted by molar-refractivity contribution is 1.13. The fourth-order valence-electron chi connectivity index (χ4n) is 1.84. The van der Waals surface area contributed by atoms with Gasteiger partial charge in [0, 0.05) is 17.8 Å². The van der Waals surface area contributed by atoms with Crippen LogP contribution in [0.15, 0.2) is 42.6 Å². The highest BCUT2D eigenvalue weighted by atomic mass is 14.7. The van der Waals surface area contributed by atoms with Crippen molar-refractivity contribution >= 4 is 0 Å². The number of hydrogen-bond donors (Lipinski definition) is 0. The summed E-state index contributed by atoms with van der Waals surface area (Å²) in [7, 11) is 0. The normalized spacial score (nSPS) is 15.2. The van der Waals surface area contributed by atoms with Crippen LogP contribution in [0, 0.1) is 6.07 Å². The maximum Gasteiger partial charge on any atom is 0.0781 e. The van der Waals surface area contributed by atoms with Crippen molar-refractivity contribution in [3.63, 3.8) is 0 Å². The first-order valence-corrected chi connectivity index (χ1v) is 5.36. The third-order valence-corrected chi connectivity index (χ3v) is 2.81. The first-order valence-electron chi connectivity index (χ1n) is 5.36. The minimum atomic E-state index is 0.800. The van der Waals surface area contributed by atoms with Gasteiger partial charge in [-0.15, -0.1) is 0 Å². The standard InChI is InChI=1S/C14H12N/c1-2-9-15-14(6-1)13-5-3-4-12(10-13)11-7-8-11/h1-5,9-11H,7-8H2. The summed E-state index contributed by atoms with van der Waals surface area (Å²) in [6.45, 7) is 0. The summed E-state index contributed by atoms with van der Waals surface area (Å²) in [5, 5.41) is 0. The molecule has 1 aliphatic rings. The molecule has 2 aromatic rings. The second-order valence-corrected chi connectivity index (χ2v) is 4.03. The van der Waals surface area contributed by atoms with Crippen LogP contribution in [-0.4, -0.2) is 4.98 Å². The third kappa shape index (κ3) is 1.78. The highest BCUT2D eigenvalue weighted by molar-refractivity contribution is 5.59. The number of hydrogen-bond acceptors (Lipinski definition) is 1. The van der Waals surface area contributed by atoms with Crippen LogP contribution in [0.5, 0.6) is 0 Å². The van der Waals surface area contributed by atoms with E-state index in [-0.39, 0.29) is 0 Å². The van der Waals surface area contributed by atoms with Crippen LogP contribution in [0.2, 0.25) is 0 Å². The van der Waals surface area contributed by atoms with Gasteiger partial charge in [0.2, 0.25) is 0 Å². The van der Waals surface area contributed by atoms with Crippen molar-refractivity contribution in [1.29, 1.82) is 0 Å². The molecule has 1 aliphatic carbocycles. The zero-order valence-electron chi connectivity index (χ0n) is 8.48. The minimum absolute atomic E-state index is 0.800. The van der Waals surface area contributed by atoms with Crippen molar-refractivity contribution in [2.45, 2.75) is 18.8 Å². The molecule has 0 amide bonds. The first-order chi connectivity index (χ1) is 7.43. The Kier molecular flexibility index (Phi) is 2.02. The Balaban J connectivity index is 2.01. The molecule has 0 unspecified atom stereocenters. The molecule has 1 nitrogen and oxygen atoms in total. The van der Waals surface area contributed by atoms with Crippen molar-refractivity contribution in [1.82, 2.24) is 4.98 Å². The average Bonchev–Trinajstić information content (AvgIpc) is 3.14. The molecule has 3 rings (SSSR count). The molecule has 1 aromatic carbocycles. The Morgan fingerprint density at radius 3 is 2.87 bits per heavy atom. The molecular formula is C14H12N. The predicted octanol–water partition coefficient (Wildman–Crippen LogP) is 3.43. The van der Waals surface area contributed by atoms with Crippen molar-refractivity contribution in [3.8, 4) is 11.3 Å². The summed E-state index contributed by atoms with van der Waals surface area (Å²) in [5.41, 5.74) is 3.58.